The molecule has 0 unspecified atom stereocenters. The summed E-state index contributed by atoms with van der Waals surface area (Å²) in [6, 6.07) is 6.64. The molecule has 1 heterocycles. The van der Waals surface area contributed by atoms with Gasteiger partial charge in [-0.2, -0.15) is 0 Å². The number of aromatic nitrogens is 2. The molecule has 2 nitrogen and oxygen atoms in total. The van der Waals surface area contributed by atoms with E-state index in [0.717, 1.165) is 0 Å². The third-order valence-corrected chi connectivity index (χ3v) is 3.49. The number of nitrogens with zero attached hydrogens (tertiary/aromatic N) is 2. The van der Waals surface area contributed by atoms with Gasteiger partial charge in [-0.1, -0.05) is 46.4 Å². The Balaban J connectivity index is 2.51. The standard InChI is InChI=1S/C12H4Cl4N2/c13-5-1-7(15)11-9(3-5)18-12-8(16)2-6(14)4-10(12)17-11/h1-4H. The van der Waals surface area contributed by atoms with Crippen molar-refractivity contribution in [2.45, 2.75) is 0 Å². The van der Waals surface area contributed by atoms with E-state index >= 15 is 0 Å². The van der Waals surface area contributed by atoms with Crippen molar-refractivity contribution in [2.75, 3.05) is 0 Å². The fraction of sp³-hybridized carbons (Fsp3) is 0. The van der Waals surface area contributed by atoms with Crippen molar-refractivity contribution in [3.63, 3.8) is 0 Å². The minimum Gasteiger partial charge on any atom is -0.243 e. The van der Waals surface area contributed by atoms with Crippen LogP contribution in [0.4, 0.5) is 0 Å². The van der Waals surface area contributed by atoms with E-state index < -0.39 is 0 Å². The summed E-state index contributed by atoms with van der Waals surface area (Å²) >= 11 is 24.0. The van der Waals surface area contributed by atoms with E-state index in [1.165, 1.54) is 0 Å². The highest BCUT2D eigenvalue weighted by molar-refractivity contribution is 6.39. The van der Waals surface area contributed by atoms with Crippen LogP contribution in [-0.4, -0.2) is 9.97 Å². The Morgan fingerprint density at radius 2 is 1.00 bits per heavy atom. The summed E-state index contributed by atoms with van der Waals surface area (Å²) in [6.45, 7) is 0. The average Bonchev–Trinajstić information content (AvgIpc) is 2.27. The SMILES string of the molecule is Clc1cc(Cl)c2nc3cc(Cl)cc(Cl)c3nc2c1. The van der Waals surface area contributed by atoms with Crippen molar-refractivity contribution in [1.82, 2.24) is 9.97 Å². The van der Waals surface area contributed by atoms with Crippen molar-refractivity contribution >= 4 is 68.5 Å². The summed E-state index contributed by atoms with van der Waals surface area (Å²) in [7, 11) is 0. The van der Waals surface area contributed by atoms with Gasteiger partial charge in [0.1, 0.15) is 11.0 Å². The van der Waals surface area contributed by atoms with Gasteiger partial charge in [-0.15, -0.1) is 0 Å². The monoisotopic (exact) mass is 316 g/mol. The minimum atomic E-state index is 0.447. The molecule has 0 atom stereocenters. The maximum Gasteiger partial charge on any atom is 0.108 e. The van der Waals surface area contributed by atoms with Gasteiger partial charge in [-0.05, 0) is 24.3 Å². The molecule has 3 aromatic rings. The first-order chi connectivity index (χ1) is 8.54. The van der Waals surface area contributed by atoms with Gasteiger partial charge in [-0.3, -0.25) is 0 Å². The molecule has 6 heteroatoms. The first-order valence-electron chi connectivity index (χ1n) is 4.96. The lowest BCUT2D eigenvalue weighted by Crippen LogP contribution is -1.89. The van der Waals surface area contributed by atoms with Gasteiger partial charge >= 0.3 is 0 Å². The fourth-order valence-corrected chi connectivity index (χ4v) is 2.79. The molecule has 1 aromatic heterocycles. The molecule has 0 saturated carbocycles. The average molecular weight is 318 g/mol. The maximum atomic E-state index is 6.09. The first-order valence-corrected chi connectivity index (χ1v) is 6.47. The van der Waals surface area contributed by atoms with E-state index in [1.54, 1.807) is 24.3 Å². The van der Waals surface area contributed by atoms with Gasteiger partial charge in [0.05, 0.1) is 21.1 Å². The Labute approximate surface area is 122 Å². The Morgan fingerprint density at radius 3 is 1.39 bits per heavy atom. The smallest absolute Gasteiger partial charge is 0.108 e. The number of rotatable bonds is 0. The molecule has 0 radical (unpaired) electrons. The zero-order chi connectivity index (χ0) is 12.9. The number of benzene rings is 2. The quantitative estimate of drug-likeness (QED) is 0.519. The molecule has 0 fully saturated rings. The van der Waals surface area contributed by atoms with E-state index in [-0.39, 0.29) is 0 Å². The van der Waals surface area contributed by atoms with Crippen molar-refractivity contribution in [2.24, 2.45) is 0 Å². The van der Waals surface area contributed by atoms with Gasteiger partial charge in [0, 0.05) is 10.0 Å². The van der Waals surface area contributed by atoms with Gasteiger partial charge < -0.3 is 0 Å². The van der Waals surface area contributed by atoms with Gasteiger partial charge in [0.15, 0.2) is 0 Å². The third-order valence-electron chi connectivity index (χ3n) is 2.48. The highest BCUT2D eigenvalue weighted by atomic mass is 35.5. The molecule has 0 aliphatic heterocycles. The van der Waals surface area contributed by atoms with Crippen molar-refractivity contribution in [3.8, 4) is 0 Å². The zero-order valence-corrected chi connectivity index (χ0v) is 11.7. The van der Waals surface area contributed by atoms with Crippen LogP contribution in [0.25, 0.3) is 22.1 Å². The van der Waals surface area contributed by atoms with Gasteiger partial charge in [-0.25, -0.2) is 9.97 Å². The van der Waals surface area contributed by atoms with E-state index in [1.807, 2.05) is 0 Å². The largest absolute Gasteiger partial charge is 0.243 e. The molecule has 2 aromatic carbocycles. The highest BCUT2D eigenvalue weighted by Crippen LogP contribution is 2.30. The Kier molecular flexibility index (Phi) is 2.99. The molecule has 18 heavy (non-hydrogen) atoms. The van der Waals surface area contributed by atoms with E-state index in [9.17, 15) is 0 Å². The molecule has 0 bridgehead atoms. The molecule has 0 aliphatic rings. The molecule has 0 saturated heterocycles. The molecule has 0 aliphatic carbocycles. The molecule has 0 N–H and O–H groups in total. The van der Waals surface area contributed by atoms with Crippen LogP contribution in [0, 0.1) is 0 Å². The second-order valence-electron chi connectivity index (χ2n) is 3.73. The van der Waals surface area contributed by atoms with Crippen molar-refractivity contribution in [3.05, 3.63) is 44.4 Å². The first kappa shape index (κ1) is 12.2. The van der Waals surface area contributed by atoms with Crippen LogP contribution in [0.15, 0.2) is 24.3 Å². The van der Waals surface area contributed by atoms with Crippen LogP contribution in [0.5, 0.6) is 0 Å². The summed E-state index contributed by atoms with van der Waals surface area (Å²) in [5.41, 5.74) is 2.35. The second-order valence-corrected chi connectivity index (χ2v) is 5.42. The van der Waals surface area contributed by atoms with Crippen LogP contribution in [0.1, 0.15) is 0 Å². The number of hydrogen-bond acceptors (Lipinski definition) is 2. The van der Waals surface area contributed by atoms with Crippen LogP contribution >= 0.6 is 46.4 Å². The summed E-state index contributed by atoms with van der Waals surface area (Å²) in [5, 5.41) is 1.91. The number of hydrogen-bond donors (Lipinski definition) is 0. The van der Waals surface area contributed by atoms with E-state index in [4.69, 9.17) is 46.4 Å². The highest BCUT2D eigenvalue weighted by Gasteiger charge is 2.10. The van der Waals surface area contributed by atoms with E-state index in [2.05, 4.69) is 9.97 Å². The topological polar surface area (TPSA) is 25.8 Å². The molecular formula is C12H4Cl4N2. The van der Waals surface area contributed by atoms with E-state index in [0.29, 0.717) is 42.2 Å². The summed E-state index contributed by atoms with van der Waals surface area (Å²) in [4.78, 5) is 8.84. The van der Waals surface area contributed by atoms with Crippen LogP contribution < -0.4 is 0 Å². The Hall–Kier alpha value is -0.800. The lowest BCUT2D eigenvalue weighted by molar-refractivity contribution is 1.39. The van der Waals surface area contributed by atoms with Crippen LogP contribution in [-0.2, 0) is 0 Å². The predicted molar refractivity (Wildman–Crippen MR) is 77.1 cm³/mol. The predicted octanol–water partition coefficient (Wildman–Crippen LogP) is 5.40. The molecule has 3 rings (SSSR count). The fourth-order valence-electron chi connectivity index (χ4n) is 1.74. The lowest BCUT2D eigenvalue weighted by atomic mass is 10.2. The lowest BCUT2D eigenvalue weighted by Gasteiger charge is -2.05. The zero-order valence-electron chi connectivity index (χ0n) is 8.72. The number of fused-ring (bicyclic) bond motifs is 2. The summed E-state index contributed by atoms with van der Waals surface area (Å²) < 4.78 is 0. The second kappa shape index (κ2) is 4.39. The number of halogens is 4. The molecule has 0 spiro atoms. The van der Waals surface area contributed by atoms with Crippen LogP contribution in [0.2, 0.25) is 20.1 Å². The van der Waals surface area contributed by atoms with Crippen LogP contribution in [0.3, 0.4) is 0 Å². The maximum absolute atomic E-state index is 6.09. The van der Waals surface area contributed by atoms with Crippen molar-refractivity contribution in [1.29, 1.82) is 0 Å². The normalized spacial score (nSPS) is 11.3. The molecular weight excluding hydrogens is 314 g/mol. The third kappa shape index (κ3) is 1.99. The molecule has 0 amide bonds. The summed E-state index contributed by atoms with van der Waals surface area (Å²) in [6.07, 6.45) is 0. The Bertz CT molecular complexity index is 718. The minimum absolute atomic E-state index is 0.447. The van der Waals surface area contributed by atoms with Gasteiger partial charge in [0.25, 0.3) is 0 Å². The molecule has 90 valence electrons. The summed E-state index contributed by atoms with van der Waals surface area (Å²) in [5.74, 6) is 0. The van der Waals surface area contributed by atoms with Gasteiger partial charge in [0.2, 0.25) is 0 Å². The van der Waals surface area contributed by atoms with Crippen molar-refractivity contribution < 1.29 is 0 Å². The Morgan fingerprint density at radius 1 is 0.611 bits per heavy atom.